The predicted molar refractivity (Wildman–Crippen MR) is 104 cm³/mol. The first-order valence-corrected chi connectivity index (χ1v) is 10.7. The van der Waals surface area contributed by atoms with Crippen LogP contribution in [0.1, 0.15) is 38.2 Å². The van der Waals surface area contributed by atoms with Crippen molar-refractivity contribution in [2.45, 2.75) is 37.5 Å². The molecule has 1 amide bonds. The summed E-state index contributed by atoms with van der Waals surface area (Å²) in [6.45, 7) is 6.35. The van der Waals surface area contributed by atoms with Gasteiger partial charge >= 0.3 is 0 Å². The molecule has 0 bridgehead atoms. The zero-order valence-corrected chi connectivity index (χ0v) is 17.1. The molecule has 1 aliphatic heterocycles. The number of nitrogens with zero attached hydrogens (tertiary/aromatic N) is 2. The molecule has 0 aromatic heterocycles. The Kier molecular flexibility index (Phi) is 7.20. The van der Waals surface area contributed by atoms with Crippen molar-refractivity contribution in [1.82, 2.24) is 14.5 Å². The van der Waals surface area contributed by atoms with Crippen molar-refractivity contribution < 1.29 is 13.2 Å². The lowest BCUT2D eigenvalue weighted by atomic mass is 9.97. The minimum absolute atomic E-state index is 0.0326. The van der Waals surface area contributed by atoms with Gasteiger partial charge in [-0.15, -0.1) is 0 Å². The van der Waals surface area contributed by atoms with Crippen LogP contribution in [0.5, 0.6) is 0 Å². The second kappa shape index (κ2) is 8.97. The molecule has 26 heavy (non-hydrogen) atoms. The molecule has 1 heterocycles. The third-order valence-electron chi connectivity index (χ3n) is 4.87. The van der Waals surface area contributed by atoms with Crippen molar-refractivity contribution in [3.63, 3.8) is 0 Å². The highest BCUT2D eigenvalue weighted by molar-refractivity contribution is 7.89. The van der Waals surface area contributed by atoms with E-state index in [9.17, 15) is 13.2 Å². The third kappa shape index (κ3) is 5.28. The van der Waals surface area contributed by atoms with Gasteiger partial charge in [-0.1, -0.05) is 26.0 Å². The molecule has 146 valence electrons. The monoisotopic (exact) mass is 381 g/mol. The molecular weight excluding hydrogens is 350 g/mol. The summed E-state index contributed by atoms with van der Waals surface area (Å²) in [5, 5.41) is 2.94. The summed E-state index contributed by atoms with van der Waals surface area (Å²) in [4.78, 5) is 14.6. The van der Waals surface area contributed by atoms with Crippen LogP contribution in [0.3, 0.4) is 0 Å². The van der Waals surface area contributed by atoms with Crippen LogP contribution in [0.25, 0.3) is 0 Å². The van der Waals surface area contributed by atoms with Gasteiger partial charge in [0.1, 0.15) is 0 Å². The van der Waals surface area contributed by atoms with Gasteiger partial charge in [-0.3, -0.25) is 4.79 Å². The summed E-state index contributed by atoms with van der Waals surface area (Å²) in [5.74, 6) is 0.297. The molecule has 0 aliphatic carbocycles. The van der Waals surface area contributed by atoms with Gasteiger partial charge in [0.05, 0.1) is 4.90 Å². The fourth-order valence-electron chi connectivity index (χ4n) is 3.08. The van der Waals surface area contributed by atoms with E-state index in [0.717, 1.165) is 12.1 Å². The molecule has 0 unspecified atom stereocenters. The highest BCUT2D eigenvalue weighted by atomic mass is 32.2. The van der Waals surface area contributed by atoms with Crippen molar-refractivity contribution in [3.05, 3.63) is 29.8 Å². The molecule has 1 N–H and O–H groups in total. The average molecular weight is 382 g/mol. The van der Waals surface area contributed by atoms with Gasteiger partial charge < -0.3 is 10.2 Å². The lowest BCUT2D eigenvalue weighted by Gasteiger charge is -2.30. The molecule has 1 aliphatic rings. The predicted octanol–water partition coefficient (Wildman–Crippen LogP) is 1.89. The Hall–Kier alpha value is -1.44. The van der Waals surface area contributed by atoms with Crippen LogP contribution >= 0.6 is 0 Å². The number of amides is 1. The van der Waals surface area contributed by atoms with Gasteiger partial charge in [0.2, 0.25) is 15.9 Å². The number of piperidine rings is 1. The van der Waals surface area contributed by atoms with Gasteiger partial charge in [-0.2, -0.15) is 4.31 Å². The second-order valence-electron chi connectivity index (χ2n) is 7.50. The van der Waals surface area contributed by atoms with Crippen molar-refractivity contribution in [3.8, 4) is 0 Å². The highest BCUT2D eigenvalue weighted by Crippen LogP contribution is 2.25. The number of carbonyl (C=O) groups excluding carboxylic acids is 1. The minimum Gasteiger partial charge on any atom is -0.355 e. The highest BCUT2D eigenvalue weighted by Gasteiger charge is 2.31. The fourth-order valence-corrected chi connectivity index (χ4v) is 4.55. The van der Waals surface area contributed by atoms with E-state index in [1.54, 1.807) is 12.1 Å². The summed E-state index contributed by atoms with van der Waals surface area (Å²) in [6.07, 6.45) is 1.13. The number of likely N-dealkylation sites (N-methyl/N-ethyl adjacent to an activating group) is 1. The number of hydrogen-bond acceptors (Lipinski definition) is 4. The maximum atomic E-state index is 12.8. The van der Waals surface area contributed by atoms with Gasteiger partial charge in [0.15, 0.2) is 0 Å². The Morgan fingerprint density at radius 3 is 2.27 bits per heavy atom. The standard InChI is InChI=1S/C19H31N3O3S/c1-15(2)16-5-7-18(8-6-16)26(24,25)22-12-9-17(10-13-22)19(23)20-11-14-21(3)4/h5-8,15,17H,9-14H2,1-4H3,(H,20,23). The zero-order valence-electron chi connectivity index (χ0n) is 16.2. The number of sulfonamides is 1. The molecule has 6 nitrogen and oxygen atoms in total. The number of nitrogens with one attached hydrogen (secondary N) is 1. The van der Waals surface area contributed by atoms with Crippen molar-refractivity contribution in [1.29, 1.82) is 0 Å². The van der Waals surface area contributed by atoms with Crippen LogP contribution < -0.4 is 5.32 Å². The van der Waals surface area contributed by atoms with Crippen LogP contribution in [-0.2, 0) is 14.8 Å². The first-order valence-electron chi connectivity index (χ1n) is 9.24. The smallest absolute Gasteiger partial charge is 0.243 e. The number of rotatable bonds is 7. The third-order valence-corrected chi connectivity index (χ3v) is 6.78. The minimum atomic E-state index is -3.49. The van der Waals surface area contributed by atoms with E-state index in [4.69, 9.17) is 0 Å². The number of hydrogen-bond donors (Lipinski definition) is 1. The van der Waals surface area contributed by atoms with E-state index >= 15 is 0 Å². The van der Waals surface area contributed by atoms with Gasteiger partial charge in [0.25, 0.3) is 0 Å². The van der Waals surface area contributed by atoms with Gasteiger partial charge in [0, 0.05) is 32.1 Å². The Bertz CT molecular complexity index is 691. The first kappa shape index (κ1) is 20.9. The Morgan fingerprint density at radius 1 is 1.19 bits per heavy atom. The van der Waals surface area contributed by atoms with Crippen LogP contribution in [0.15, 0.2) is 29.2 Å². The SMILES string of the molecule is CC(C)c1ccc(S(=O)(=O)N2CCC(C(=O)NCCN(C)C)CC2)cc1. The lowest BCUT2D eigenvalue weighted by molar-refractivity contribution is -0.126. The van der Waals surface area contributed by atoms with Crippen molar-refractivity contribution in [2.75, 3.05) is 40.3 Å². The van der Waals surface area contributed by atoms with Crippen LogP contribution in [0, 0.1) is 5.92 Å². The molecule has 0 spiro atoms. The summed E-state index contributed by atoms with van der Waals surface area (Å²) >= 11 is 0. The molecule has 2 rings (SSSR count). The Labute approximate surface area is 157 Å². The van der Waals surface area contributed by atoms with Gasteiger partial charge in [-0.25, -0.2) is 8.42 Å². The molecule has 1 aromatic carbocycles. The van der Waals surface area contributed by atoms with Crippen LogP contribution in [-0.4, -0.2) is 63.8 Å². The second-order valence-corrected chi connectivity index (χ2v) is 9.43. The Balaban J connectivity index is 1.92. The molecule has 0 saturated carbocycles. The summed E-state index contributed by atoms with van der Waals surface area (Å²) < 4.78 is 27.1. The van der Waals surface area contributed by atoms with E-state index in [1.807, 2.05) is 31.1 Å². The van der Waals surface area contributed by atoms with Gasteiger partial charge in [-0.05, 0) is 50.6 Å². The van der Waals surface area contributed by atoms with E-state index in [-0.39, 0.29) is 11.8 Å². The number of carbonyl (C=O) groups is 1. The van der Waals surface area contributed by atoms with Crippen molar-refractivity contribution in [2.24, 2.45) is 5.92 Å². The topological polar surface area (TPSA) is 69.7 Å². The maximum absolute atomic E-state index is 12.8. The van der Waals surface area contributed by atoms with Crippen molar-refractivity contribution >= 4 is 15.9 Å². The molecule has 0 radical (unpaired) electrons. The van der Waals surface area contributed by atoms with E-state index in [2.05, 4.69) is 19.2 Å². The molecule has 7 heteroatoms. The molecular formula is C19H31N3O3S. The largest absolute Gasteiger partial charge is 0.355 e. The van der Waals surface area contributed by atoms with Crippen LogP contribution in [0.4, 0.5) is 0 Å². The normalized spacial score (nSPS) is 17.0. The van der Waals surface area contributed by atoms with E-state index < -0.39 is 10.0 Å². The fraction of sp³-hybridized carbons (Fsp3) is 0.632. The molecule has 0 atom stereocenters. The Morgan fingerprint density at radius 2 is 1.77 bits per heavy atom. The lowest BCUT2D eigenvalue weighted by Crippen LogP contribution is -2.43. The zero-order chi connectivity index (χ0) is 19.3. The molecule has 1 saturated heterocycles. The quantitative estimate of drug-likeness (QED) is 0.783. The van der Waals surface area contributed by atoms with E-state index in [0.29, 0.717) is 43.3 Å². The molecule has 1 fully saturated rings. The summed E-state index contributed by atoms with van der Waals surface area (Å²) in [6, 6.07) is 7.13. The van der Waals surface area contributed by atoms with Crippen LogP contribution in [0.2, 0.25) is 0 Å². The molecule has 1 aromatic rings. The summed E-state index contributed by atoms with van der Waals surface area (Å²) in [7, 11) is 0.436. The van der Waals surface area contributed by atoms with E-state index in [1.165, 1.54) is 4.31 Å². The maximum Gasteiger partial charge on any atom is 0.243 e. The first-order chi connectivity index (χ1) is 12.2. The summed E-state index contributed by atoms with van der Waals surface area (Å²) in [5.41, 5.74) is 1.12. The number of benzene rings is 1. The average Bonchev–Trinajstić information content (AvgIpc) is 2.61.